The second kappa shape index (κ2) is 16.8. The highest BCUT2D eigenvalue weighted by atomic mass is 19.4. The van der Waals surface area contributed by atoms with Crippen molar-refractivity contribution < 1.29 is 26.7 Å². The fraction of sp³-hybridized carbons (Fsp3) is 0.372. The summed E-state index contributed by atoms with van der Waals surface area (Å²) in [6.07, 6.45) is -2.77. The number of aryl methyl sites for hydroxylation is 2. The number of halogens is 5. The fourth-order valence-electron chi connectivity index (χ4n) is 7.60. The Bertz CT molecular complexity index is 2160. The monoisotopic (exact) mass is 759 g/mol. The van der Waals surface area contributed by atoms with E-state index in [4.69, 9.17) is 0 Å². The van der Waals surface area contributed by atoms with E-state index in [1.807, 2.05) is 29.2 Å². The first-order valence-corrected chi connectivity index (χ1v) is 18.7. The molecule has 0 spiro atoms. The van der Waals surface area contributed by atoms with Gasteiger partial charge in [0.05, 0.1) is 16.5 Å². The number of amides is 1. The lowest BCUT2D eigenvalue weighted by atomic mass is 9.98. The van der Waals surface area contributed by atoms with Crippen molar-refractivity contribution in [2.75, 3.05) is 26.2 Å². The van der Waals surface area contributed by atoms with Crippen LogP contribution in [0.1, 0.15) is 56.1 Å². The second-order valence-corrected chi connectivity index (χ2v) is 14.9. The lowest BCUT2D eigenvalue weighted by molar-refractivity contribution is -0.137. The van der Waals surface area contributed by atoms with E-state index in [0.29, 0.717) is 22.3 Å². The second-order valence-electron chi connectivity index (χ2n) is 14.9. The number of hydrogen-bond acceptors (Lipinski definition) is 5. The molecule has 0 unspecified atom stereocenters. The van der Waals surface area contributed by atoms with Gasteiger partial charge in [-0.25, -0.2) is 8.78 Å². The Morgan fingerprint density at radius 1 is 0.873 bits per heavy atom. The third-order valence-electron chi connectivity index (χ3n) is 10.4. The minimum Gasteiger partial charge on any atom is -0.334 e. The Hall–Kier alpha value is -4.94. The third-order valence-corrected chi connectivity index (χ3v) is 10.4. The molecule has 0 saturated carbocycles. The van der Waals surface area contributed by atoms with Crippen molar-refractivity contribution >= 4 is 16.8 Å². The molecule has 1 aliphatic rings. The summed E-state index contributed by atoms with van der Waals surface area (Å²) in [5, 5.41) is 3.88. The number of benzene rings is 4. The molecule has 1 N–H and O–H groups in total. The number of likely N-dealkylation sites (N-methyl/N-ethyl adjacent to an activating group) is 1. The van der Waals surface area contributed by atoms with Gasteiger partial charge in [-0.2, -0.15) is 18.2 Å². The van der Waals surface area contributed by atoms with Gasteiger partial charge in [0.2, 0.25) is 5.91 Å². The summed E-state index contributed by atoms with van der Waals surface area (Å²) < 4.78 is 69.8. The Morgan fingerprint density at radius 2 is 1.53 bits per heavy atom. The van der Waals surface area contributed by atoms with Crippen LogP contribution in [0, 0.1) is 11.6 Å². The summed E-state index contributed by atoms with van der Waals surface area (Å²) in [4.78, 5) is 36.4. The number of para-hydroxylation sites is 1. The standard InChI is InChI=1S/C43H46F5N5O2/c1-4-49-42(2,3)28-51-24-22-34(23-25-51)52(26-29-12-14-30(15-13-29)31-16-19-33(20-17-31)43(46,47)48)39(54)27-53-37-11-6-5-9-35(37)41(55)50-38(53)21-18-32-8-7-10-36(44)40(32)45/h5-17,19-20,34,49H,4,18,21-28H2,1-3H3. The molecule has 5 aromatic rings. The molecule has 2 heterocycles. The smallest absolute Gasteiger partial charge is 0.334 e. The molecule has 0 radical (unpaired) electrons. The van der Waals surface area contributed by atoms with Crippen molar-refractivity contribution in [3.8, 4) is 11.1 Å². The first-order valence-electron chi connectivity index (χ1n) is 18.7. The zero-order valence-corrected chi connectivity index (χ0v) is 31.3. The maximum absolute atomic E-state index is 14.6. The molecule has 0 aliphatic carbocycles. The highest BCUT2D eigenvalue weighted by molar-refractivity contribution is 5.82. The van der Waals surface area contributed by atoms with E-state index >= 15 is 0 Å². The Morgan fingerprint density at radius 3 is 2.18 bits per heavy atom. The van der Waals surface area contributed by atoms with E-state index < -0.39 is 28.9 Å². The van der Waals surface area contributed by atoms with Crippen molar-refractivity contribution in [1.82, 2.24) is 24.7 Å². The summed E-state index contributed by atoms with van der Waals surface area (Å²) in [6, 6.07) is 23.3. The maximum Gasteiger partial charge on any atom is 0.416 e. The zero-order chi connectivity index (χ0) is 39.3. The number of likely N-dealkylation sites (tertiary alicyclic amines) is 1. The average molecular weight is 760 g/mol. The predicted molar refractivity (Wildman–Crippen MR) is 204 cm³/mol. The van der Waals surface area contributed by atoms with E-state index in [-0.39, 0.29) is 49.0 Å². The molecule has 1 aromatic heterocycles. The van der Waals surface area contributed by atoms with E-state index in [2.05, 4.69) is 36.0 Å². The summed E-state index contributed by atoms with van der Waals surface area (Å²) in [6.45, 7) is 9.90. The minimum atomic E-state index is -4.42. The zero-order valence-electron chi connectivity index (χ0n) is 31.3. The molecule has 4 aromatic carbocycles. The lowest BCUT2D eigenvalue weighted by Crippen LogP contribution is -2.53. The van der Waals surface area contributed by atoms with Crippen molar-refractivity contribution in [2.45, 2.75) is 77.3 Å². The Balaban J connectivity index is 1.28. The van der Waals surface area contributed by atoms with Crippen LogP contribution in [0.5, 0.6) is 0 Å². The number of carbonyl (C=O) groups is 1. The molecule has 7 nitrogen and oxygen atoms in total. The number of carbonyl (C=O) groups excluding carboxylic acids is 1. The van der Waals surface area contributed by atoms with Gasteiger partial charge in [0, 0.05) is 44.2 Å². The van der Waals surface area contributed by atoms with Gasteiger partial charge in [-0.3, -0.25) is 9.59 Å². The van der Waals surface area contributed by atoms with Gasteiger partial charge in [-0.1, -0.05) is 67.6 Å². The van der Waals surface area contributed by atoms with Crippen LogP contribution >= 0.6 is 0 Å². The van der Waals surface area contributed by atoms with Gasteiger partial charge in [0.25, 0.3) is 5.56 Å². The summed E-state index contributed by atoms with van der Waals surface area (Å²) in [5.74, 6) is -1.81. The molecule has 1 aliphatic heterocycles. The molecular weight excluding hydrogens is 713 g/mol. The molecule has 6 rings (SSSR count). The Labute approximate surface area is 317 Å². The van der Waals surface area contributed by atoms with Crippen molar-refractivity contribution in [2.24, 2.45) is 0 Å². The topological polar surface area (TPSA) is 70.5 Å². The van der Waals surface area contributed by atoms with Gasteiger partial charge in [0.1, 0.15) is 12.4 Å². The van der Waals surface area contributed by atoms with Crippen LogP contribution in [0.15, 0.2) is 95.8 Å². The summed E-state index contributed by atoms with van der Waals surface area (Å²) in [7, 11) is 0. The molecule has 0 bridgehead atoms. The number of aromatic nitrogens is 2. The predicted octanol–water partition coefficient (Wildman–Crippen LogP) is 8.03. The molecule has 1 amide bonds. The van der Waals surface area contributed by atoms with Crippen LogP contribution in [-0.2, 0) is 36.9 Å². The van der Waals surface area contributed by atoms with Gasteiger partial charge in [-0.05, 0) is 92.2 Å². The number of nitrogens with zero attached hydrogens (tertiary/aromatic N) is 4. The maximum atomic E-state index is 14.6. The minimum absolute atomic E-state index is 0.0687. The molecule has 1 saturated heterocycles. The number of piperidine rings is 1. The summed E-state index contributed by atoms with van der Waals surface area (Å²) in [5.41, 5.74) is 1.65. The molecule has 1 fully saturated rings. The van der Waals surface area contributed by atoms with E-state index in [1.165, 1.54) is 24.3 Å². The molecular formula is C43H46F5N5O2. The number of fused-ring (bicyclic) bond motifs is 1. The normalized spacial score (nSPS) is 14.4. The first-order chi connectivity index (χ1) is 26.2. The molecule has 290 valence electrons. The number of alkyl halides is 3. The Kier molecular flexibility index (Phi) is 12.2. The number of rotatable bonds is 13. The van der Waals surface area contributed by atoms with E-state index in [1.54, 1.807) is 28.8 Å². The fourth-order valence-corrected chi connectivity index (χ4v) is 7.60. The third kappa shape index (κ3) is 9.66. The largest absolute Gasteiger partial charge is 0.416 e. The molecule has 12 heteroatoms. The van der Waals surface area contributed by atoms with Crippen LogP contribution in [0.25, 0.3) is 22.0 Å². The van der Waals surface area contributed by atoms with E-state index in [0.717, 1.165) is 68.3 Å². The number of nitrogens with one attached hydrogen (secondary N) is 1. The van der Waals surface area contributed by atoms with Crippen molar-refractivity contribution in [1.29, 1.82) is 0 Å². The van der Waals surface area contributed by atoms with Crippen LogP contribution in [0.3, 0.4) is 0 Å². The van der Waals surface area contributed by atoms with Gasteiger partial charge in [-0.15, -0.1) is 0 Å². The van der Waals surface area contributed by atoms with Gasteiger partial charge in [0.15, 0.2) is 11.6 Å². The average Bonchev–Trinajstić information content (AvgIpc) is 3.16. The summed E-state index contributed by atoms with van der Waals surface area (Å²) >= 11 is 0. The molecule has 0 atom stereocenters. The van der Waals surface area contributed by atoms with Gasteiger partial charge < -0.3 is 19.7 Å². The van der Waals surface area contributed by atoms with Crippen LogP contribution < -0.4 is 10.9 Å². The SMILES string of the molecule is CCNC(C)(C)CN1CCC(N(Cc2ccc(-c3ccc(C(F)(F)F)cc3)cc2)C(=O)Cn2c(CCc3cccc(F)c3F)nc(=O)c3ccccc32)CC1. The van der Waals surface area contributed by atoms with E-state index in [9.17, 15) is 31.5 Å². The van der Waals surface area contributed by atoms with Crippen molar-refractivity contribution in [3.05, 3.63) is 135 Å². The quantitative estimate of drug-likeness (QED) is 0.123. The highest BCUT2D eigenvalue weighted by Gasteiger charge is 2.32. The molecule has 55 heavy (non-hydrogen) atoms. The number of hydrogen-bond donors (Lipinski definition) is 1. The lowest BCUT2D eigenvalue weighted by Gasteiger charge is -2.41. The van der Waals surface area contributed by atoms with Crippen LogP contribution in [0.2, 0.25) is 0 Å². The highest BCUT2D eigenvalue weighted by Crippen LogP contribution is 2.31. The van der Waals surface area contributed by atoms with Crippen molar-refractivity contribution in [3.63, 3.8) is 0 Å². The van der Waals surface area contributed by atoms with Crippen LogP contribution in [-0.4, -0.2) is 63.0 Å². The van der Waals surface area contributed by atoms with Gasteiger partial charge >= 0.3 is 6.18 Å². The van der Waals surface area contributed by atoms with Crippen LogP contribution in [0.4, 0.5) is 22.0 Å². The first kappa shape index (κ1) is 39.7.